The number of rotatable bonds is 3. The molecule has 0 radical (unpaired) electrons. The van der Waals surface area contributed by atoms with Crippen LogP contribution in [0.1, 0.15) is 30.1 Å². The first-order chi connectivity index (χ1) is 11.3. The van der Waals surface area contributed by atoms with Gasteiger partial charge in [0.25, 0.3) is 0 Å². The minimum atomic E-state index is 0.532. The average Bonchev–Trinajstić information content (AvgIpc) is 3.02. The molecule has 0 amide bonds. The number of para-hydroxylation sites is 2. The van der Waals surface area contributed by atoms with Crippen LogP contribution in [0.5, 0.6) is 0 Å². The van der Waals surface area contributed by atoms with Crippen LogP contribution in [0.4, 0.5) is 0 Å². The van der Waals surface area contributed by atoms with Crippen molar-refractivity contribution < 1.29 is 0 Å². The Kier molecular flexibility index (Phi) is 4.06. The summed E-state index contributed by atoms with van der Waals surface area (Å²) in [7, 11) is 0. The number of imidazole rings is 1. The number of fused-ring (bicyclic) bond motifs is 1. The number of nitrogens with zero attached hydrogens (tertiary/aromatic N) is 2. The van der Waals surface area contributed by atoms with Crippen LogP contribution in [0, 0.1) is 0 Å². The molecule has 2 heterocycles. The molecule has 3 nitrogen and oxygen atoms in total. The molecule has 3 aromatic rings. The number of nitrogens with one attached hydrogen (secondary N) is 1. The van der Waals surface area contributed by atoms with Crippen LogP contribution in [0.3, 0.4) is 0 Å². The Labute approximate surface area is 141 Å². The molecule has 1 aromatic heterocycles. The molecule has 1 saturated heterocycles. The van der Waals surface area contributed by atoms with E-state index < -0.39 is 0 Å². The molecule has 0 unspecified atom stereocenters. The Hall–Kier alpha value is -1.84. The summed E-state index contributed by atoms with van der Waals surface area (Å²) < 4.78 is 0. The maximum Gasteiger partial charge on any atom is 0.110 e. The summed E-state index contributed by atoms with van der Waals surface area (Å²) in [4.78, 5) is 10.7. The van der Waals surface area contributed by atoms with Crippen molar-refractivity contribution in [1.29, 1.82) is 0 Å². The van der Waals surface area contributed by atoms with Crippen LogP contribution in [0.2, 0.25) is 5.02 Å². The second-order valence-corrected chi connectivity index (χ2v) is 6.69. The zero-order valence-electron chi connectivity index (χ0n) is 13.0. The van der Waals surface area contributed by atoms with Crippen molar-refractivity contribution in [3.05, 3.63) is 64.9 Å². The van der Waals surface area contributed by atoms with Crippen molar-refractivity contribution in [1.82, 2.24) is 14.9 Å². The Morgan fingerprint density at radius 2 is 1.78 bits per heavy atom. The van der Waals surface area contributed by atoms with Crippen molar-refractivity contribution >= 4 is 22.6 Å². The minimum absolute atomic E-state index is 0.532. The van der Waals surface area contributed by atoms with Crippen LogP contribution in [0.15, 0.2) is 48.5 Å². The summed E-state index contributed by atoms with van der Waals surface area (Å²) in [6, 6.07) is 16.4. The third-order valence-corrected chi connectivity index (χ3v) is 5.10. The first-order valence-electron chi connectivity index (χ1n) is 8.20. The van der Waals surface area contributed by atoms with Gasteiger partial charge in [-0.3, -0.25) is 4.90 Å². The molecule has 1 N–H and O–H groups in total. The predicted molar refractivity (Wildman–Crippen MR) is 94.8 cm³/mol. The minimum Gasteiger partial charge on any atom is -0.342 e. The van der Waals surface area contributed by atoms with Gasteiger partial charge in [-0.1, -0.05) is 41.9 Å². The van der Waals surface area contributed by atoms with Crippen LogP contribution in [-0.4, -0.2) is 28.0 Å². The van der Waals surface area contributed by atoms with Gasteiger partial charge in [0, 0.05) is 17.5 Å². The van der Waals surface area contributed by atoms with Crippen molar-refractivity contribution in [2.75, 3.05) is 13.1 Å². The molecule has 1 aliphatic rings. The summed E-state index contributed by atoms with van der Waals surface area (Å²) >= 11 is 6.27. The highest BCUT2D eigenvalue weighted by Gasteiger charge is 2.23. The summed E-state index contributed by atoms with van der Waals surface area (Å²) in [6.07, 6.45) is 2.29. The van der Waals surface area contributed by atoms with E-state index in [1.54, 1.807) is 0 Å². The molecule has 0 saturated carbocycles. The highest BCUT2D eigenvalue weighted by molar-refractivity contribution is 6.31. The number of hydrogen-bond donors (Lipinski definition) is 1. The Morgan fingerprint density at radius 3 is 2.57 bits per heavy atom. The van der Waals surface area contributed by atoms with Gasteiger partial charge in [0.05, 0.1) is 11.0 Å². The maximum atomic E-state index is 6.27. The monoisotopic (exact) mass is 325 g/mol. The lowest BCUT2D eigenvalue weighted by atomic mass is 9.96. The van der Waals surface area contributed by atoms with Crippen LogP contribution in [0.25, 0.3) is 11.0 Å². The number of piperidine rings is 1. The van der Waals surface area contributed by atoms with Gasteiger partial charge in [-0.2, -0.15) is 0 Å². The van der Waals surface area contributed by atoms with Crippen LogP contribution < -0.4 is 0 Å². The third-order valence-electron chi connectivity index (χ3n) is 4.73. The number of likely N-dealkylation sites (tertiary alicyclic amines) is 1. The fourth-order valence-corrected chi connectivity index (χ4v) is 3.59. The second kappa shape index (κ2) is 6.34. The van der Waals surface area contributed by atoms with E-state index in [1.165, 1.54) is 5.56 Å². The largest absolute Gasteiger partial charge is 0.342 e. The molecule has 23 heavy (non-hydrogen) atoms. The van der Waals surface area contributed by atoms with Gasteiger partial charge in [0.15, 0.2) is 0 Å². The van der Waals surface area contributed by atoms with Gasteiger partial charge < -0.3 is 4.98 Å². The lowest BCUT2D eigenvalue weighted by molar-refractivity contribution is 0.202. The molecule has 0 bridgehead atoms. The smallest absolute Gasteiger partial charge is 0.110 e. The number of halogens is 1. The molecule has 4 rings (SSSR count). The van der Waals surface area contributed by atoms with Crippen molar-refractivity contribution in [3.8, 4) is 0 Å². The van der Waals surface area contributed by atoms with Gasteiger partial charge in [-0.05, 0) is 49.7 Å². The van der Waals surface area contributed by atoms with Crippen molar-refractivity contribution in [3.63, 3.8) is 0 Å². The lowest BCUT2D eigenvalue weighted by Gasteiger charge is -2.31. The zero-order valence-corrected chi connectivity index (χ0v) is 13.8. The highest BCUT2D eigenvalue weighted by Crippen LogP contribution is 2.29. The first-order valence-corrected chi connectivity index (χ1v) is 8.58. The Morgan fingerprint density at radius 1 is 1.04 bits per heavy atom. The topological polar surface area (TPSA) is 31.9 Å². The molecule has 0 spiro atoms. The summed E-state index contributed by atoms with van der Waals surface area (Å²) in [5, 5.41) is 0.868. The molecule has 1 aliphatic heterocycles. The standard InChI is InChI=1S/C19H20ClN3/c20-16-6-2-1-5-15(16)13-23-11-9-14(10-12-23)19-21-17-7-3-4-8-18(17)22-19/h1-8,14H,9-13H2,(H,21,22). The second-order valence-electron chi connectivity index (χ2n) is 6.28. The van der Waals surface area contributed by atoms with E-state index in [2.05, 4.69) is 40.2 Å². The Bertz CT molecular complexity index is 770. The summed E-state index contributed by atoms with van der Waals surface area (Å²) in [5.41, 5.74) is 3.43. The molecule has 1 fully saturated rings. The van der Waals surface area contributed by atoms with Gasteiger partial charge in [-0.15, -0.1) is 0 Å². The van der Waals surface area contributed by atoms with Gasteiger partial charge in [0.2, 0.25) is 0 Å². The van der Waals surface area contributed by atoms with E-state index in [-0.39, 0.29) is 0 Å². The highest BCUT2D eigenvalue weighted by atomic mass is 35.5. The molecule has 2 aromatic carbocycles. The molecule has 0 aliphatic carbocycles. The van der Waals surface area contributed by atoms with E-state index in [4.69, 9.17) is 16.6 Å². The van der Waals surface area contributed by atoms with Gasteiger partial charge in [0.1, 0.15) is 5.82 Å². The average molecular weight is 326 g/mol. The number of hydrogen-bond acceptors (Lipinski definition) is 2. The molecule has 0 atom stereocenters. The zero-order chi connectivity index (χ0) is 15.6. The third kappa shape index (κ3) is 3.12. The molecular weight excluding hydrogens is 306 g/mol. The molecule has 118 valence electrons. The van der Waals surface area contributed by atoms with E-state index in [0.717, 1.165) is 54.4 Å². The van der Waals surface area contributed by atoms with E-state index in [1.807, 2.05) is 18.2 Å². The van der Waals surface area contributed by atoms with Crippen molar-refractivity contribution in [2.45, 2.75) is 25.3 Å². The quantitative estimate of drug-likeness (QED) is 0.763. The fraction of sp³-hybridized carbons (Fsp3) is 0.316. The number of benzene rings is 2. The van der Waals surface area contributed by atoms with Gasteiger partial charge >= 0.3 is 0 Å². The van der Waals surface area contributed by atoms with E-state index in [9.17, 15) is 0 Å². The Balaban J connectivity index is 1.41. The van der Waals surface area contributed by atoms with Gasteiger partial charge in [-0.25, -0.2) is 4.98 Å². The maximum absolute atomic E-state index is 6.27. The van der Waals surface area contributed by atoms with Crippen molar-refractivity contribution in [2.24, 2.45) is 0 Å². The predicted octanol–water partition coefficient (Wildman–Crippen LogP) is 4.60. The lowest BCUT2D eigenvalue weighted by Crippen LogP contribution is -2.32. The summed E-state index contributed by atoms with van der Waals surface area (Å²) in [5.74, 6) is 1.67. The van der Waals surface area contributed by atoms with Crippen LogP contribution >= 0.6 is 11.6 Å². The normalized spacial score (nSPS) is 16.9. The number of H-pyrrole nitrogens is 1. The van der Waals surface area contributed by atoms with Crippen LogP contribution in [-0.2, 0) is 6.54 Å². The SMILES string of the molecule is Clc1ccccc1CN1CCC(c2nc3ccccc3[nH]2)CC1. The number of aromatic nitrogens is 2. The summed E-state index contributed by atoms with van der Waals surface area (Å²) in [6.45, 7) is 3.12. The molecular formula is C19H20ClN3. The van der Waals surface area contributed by atoms with E-state index in [0.29, 0.717) is 5.92 Å². The fourth-order valence-electron chi connectivity index (χ4n) is 3.40. The number of aromatic amines is 1. The molecule has 4 heteroatoms. The first kappa shape index (κ1) is 14.7. The van der Waals surface area contributed by atoms with E-state index >= 15 is 0 Å².